The van der Waals surface area contributed by atoms with Crippen molar-refractivity contribution in [3.8, 4) is 0 Å². The van der Waals surface area contributed by atoms with E-state index in [2.05, 4.69) is 10.2 Å². The first-order chi connectivity index (χ1) is 12.1. The van der Waals surface area contributed by atoms with Gasteiger partial charge in [-0.05, 0) is 37.8 Å². The number of amides is 1. The first kappa shape index (κ1) is 16.5. The maximum Gasteiger partial charge on any atom is 0.246 e. The molecule has 3 atom stereocenters. The number of aromatic nitrogens is 3. The summed E-state index contributed by atoms with van der Waals surface area (Å²) in [4.78, 5) is 16.4. The minimum atomic E-state index is -0.229. The molecule has 1 aromatic carbocycles. The highest BCUT2D eigenvalue weighted by molar-refractivity contribution is 5.78. The molecule has 0 radical (unpaired) electrons. The molecule has 2 aromatic rings. The summed E-state index contributed by atoms with van der Waals surface area (Å²) in [6.45, 7) is 0.872. The number of rotatable bonds is 4. The van der Waals surface area contributed by atoms with Gasteiger partial charge in [0.25, 0.3) is 0 Å². The summed E-state index contributed by atoms with van der Waals surface area (Å²) < 4.78 is 11.4. The summed E-state index contributed by atoms with van der Waals surface area (Å²) in [5.74, 6) is 0.0426. The van der Waals surface area contributed by atoms with Crippen molar-refractivity contribution in [2.75, 3.05) is 20.8 Å². The van der Waals surface area contributed by atoms with Gasteiger partial charge in [0.1, 0.15) is 17.6 Å². The van der Waals surface area contributed by atoms with Crippen LogP contribution in [0, 0.1) is 0 Å². The van der Waals surface area contributed by atoms with E-state index in [9.17, 15) is 4.79 Å². The maximum absolute atomic E-state index is 12.9. The Morgan fingerprint density at radius 1 is 1.24 bits per heavy atom. The van der Waals surface area contributed by atoms with Crippen molar-refractivity contribution < 1.29 is 14.3 Å². The van der Waals surface area contributed by atoms with Crippen LogP contribution < -0.4 is 0 Å². The van der Waals surface area contributed by atoms with Crippen LogP contribution in [0.2, 0.25) is 0 Å². The molecule has 2 aliphatic rings. The van der Waals surface area contributed by atoms with Crippen molar-refractivity contribution in [2.45, 2.75) is 50.0 Å². The van der Waals surface area contributed by atoms with Gasteiger partial charge in [0.05, 0.1) is 17.7 Å². The Hall–Kier alpha value is -1.99. The van der Waals surface area contributed by atoms with Gasteiger partial charge >= 0.3 is 0 Å². The zero-order valence-electron chi connectivity index (χ0n) is 14.7. The SMILES string of the molecule is CO[C@H]1CC[C@@]2(OC)CCN(C(=O)Cn3nc4ccccc4n3)[C@H]2C1. The van der Waals surface area contributed by atoms with Crippen LogP contribution in [0.1, 0.15) is 25.7 Å². The molecule has 25 heavy (non-hydrogen) atoms. The van der Waals surface area contributed by atoms with Gasteiger partial charge in [-0.2, -0.15) is 15.0 Å². The molecule has 1 aromatic heterocycles. The molecule has 0 unspecified atom stereocenters. The van der Waals surface area contributed by atoms with Crippen LogP contribution in [-0.2, 0) is 20.8 Å². The Bertz CT molecular complexity index is 744. The van der Waals surface area contributed by atoms with Crippen molar-refractivity contribution in [1.29, 1.82) is 0 Å². The fourth-order valence-corrected chi connectivity index (χ4v) is 4.36. The molecule has 2 fully saturated rings. The number of carbonyl (C=O) groups is 1. The lowest BCUT2D eigenvalue weighted by atomic mass is 9.79. The third kappa shape index (κ3) is 2.81. The predicted molar refractivity (Wildman–Crippen MR) is 92.0 cm³/mol. The Morgan fingerprint density at radius 3 is 2.60 bits per heavy atom. The number of nitrogens with zero attached hydrogens (tertiary/aromatic N) is 4. The smallest absolute Gasteiger partial charge is 0.246 e. The van der Waals surface area contributed by atoms with Gasteiger partial charge in [-0.25, -0.2) is 0 Å². The number of benzene rings is 1. The van der Waals surface area contributed by atoms with E-state index >= 15 is 0 Å². The van der Waals surface area contributed by atoms with Gasteiger partial charge in [-0.15, -0.1) is 0 Å². The van der Waals surface area contributed by atoms with E-state index in [-0.39, 0.29) is 30.2 Å². The number of likely N-dealkylation sites (tertiary alicyclic amines) is 1. The molecule has 1 aliphatic heterocycles. The van der Waals surface area contributed by atoms with Crippen LogP contribution in [0.3, 0.4) is 0 Å². The van der Waals surface area contributed by atoms with Crippen LogP contribution in [0.25, 0.3) is 11.0 Å². The first-order valence-electron chi connectivity index (χ1n) is 8.82. The minimum absolute atomic E-state index is 0.0426. The molecule has 7 nitrogen and oxygen atoms in total. The van der Waals surface area contributed by atoms with E-state index in [4.69, 9.17) is 9.47 Å². The Kier molecular flexibility index (Phi) is 4.21. The molecule has 134 valence electrons. The number of carbonyl (C=O) groups excluding carboxylic acids is 1. The van der Waals surface area contributed by atoms with Crippen LogP contribution in [0.4, 0.5) is 0 Å². The molecule has 1 amide bonds. The predicted octanol–water partition coefficient (Wildman–Crippen LogP) is 1.62. The second kappa shape index (κ2) is 6.38. The van der Waals surface area contributed by atoms with Crippen molar-refractivity contribution in [2.24, 2.45) is 0 Å². The summed E-state index contributed by atoms with van der Waals surface area (Å²) in [7, 11) is 3.50. The molecule has 1 saturated heterocycles. The van der Waals surface area contributed by atoms with Crippen molar-refractivity contribution in [1.82, 2.24) is 19.9 Å². The van der Waals surface area contributed by atoms with Gasteiger partial charge in [0.2, 0.25) is 5.91 Å². The highest BCUT2D eigenvalue weighted by Crippen LogP contribution is 2.43. The van der Waals surface area contributed by atoms with Gasteiger partial charge in [-0.3, -0.25) is 4.79 Å². The van der Waals surface area contributed by atoms with Crippen molar-refractivity contribution in [3.63, 3.8) is 0 Å². The third-order valence-corrected chi connectivity index (χ3v) is 5.80. The van der Waals surface area contributed by atoms with Crippen LogP contribution >= 0.6 is 0 Å². The number of hydrogen-bond acceptors (Lipinski definition) is 5. The largest absolute Gasteiger partial charge is 0.381 e. The average Bonchev–Trinajstić information content (AvgIpc) is 3.21. The normalized spacial score (nSPS) is 29.1. The molecule has 1 saturated carbocycles. The number of fused-ring (bicyclic) bond motifs is 2. The lowest BCUT2D eigenvalue weighted by Gasteiger charge is -2.43. The maximum atomic E-state index is 12.9. The summed E-state index contributed by atoms with van der Waals surface area (Å²) in [6, 6.07) is 7.71. The van der Waals surface area contributed by atoms with Gasteiger partial charge in [0, 0.05) is 20.8 Å². The van der Waals surface area contributed by atoms with Crippen LogP contribution in [0.15, 0.2) is 24.3 Å². The van der Waals surface area contributed by atoms with Crippen molar-refractivity contribution in [3.05, 3.63) is 24.3 Å². The quantitative estimate of drug-likeness (QED) is 0.843. The van der Waals surface area contributed by atoms with E-state index in [1.54, 1.807) is 14.2 Å². The second-order valence-corrected chi connectivity index (χ2v) is 6.97. The lowest BCUT2D eigenvalue weighted by molar-refractivity contribution is -0.141. The first-order valence-corrected chi connectivity index (χ1v) is 8.82. The van der Waals surface area contributed by atoms with Gasteiger partial charge in [-0.1, -0.05) is 12.1 Å². The average molecular weight is 344 g/mol. The Labute approximate surface area is 146 Å². The summed E-state index contributed by atoms with van der Waals surface area (Å²) >= 11 is 0. The molecular weight excluding hydrogens is 320 g/mol. The topological polar surface area (TPSA) is 69.5 Å². The van der Waals surface area contributed by atoms with Gasteiger partial charge < -0.3 is 14.4 Å². The van der Waals surface area contributed by atoms with E-state index in [0.717, 1.165) is 36.7 Å². The Balaban J connectivity index is 1.53. The molecule has 2 heterocycles. The summed E-state index contributed by atoms with van der Waals surface area (Å²) in [6.07, 6.45) is 3.80. The Morgan fingerprint density at radius 2 is 1.96 bits per heavy atom. The second-order valence-electron chi connectivity index (χ2n) is 6.97. The fraction of sp³-hybridized carbons (Fsp3) is 0.611. The minimum Gasteiger partial charge on any atom is -0.381 e. The zero-order chi connectivity index (χ0) is 17.4. The number of ether oxygens (including phenoxy) is 2. The van der Waals surface area contributed by atoms with Crippen molar-refractivity contribution >= 4 is 16.9 Å². The molecule has 7 heteroatoms. The molecule has 0 N–H and O–H groups in total. The van der Waals surface area contributed by atoms with Crippen LogP contribution in [-0.4, -0.2) is 64.3 Å². The van der Waals surface area contributed by atoms with E-state index < -0.39 is 0 Å². The summed E-state index contributed by atoms with van der Waals surface area (Å²) in [5.41, 5.74) is 1.38. The monoisotopic (exact) mass is 344 g/mol. The number of hydrogen-bond donors (Lipinski definition) is 0. The molecule has 0 bridgehead atoms. The lowest BCUT2D eigenvalue weighted by Crippen LogP contribution is -2.53. The number of methoxy groups -OCH3 is 2. The third-order valence-electron chi connectivity index (χ3n) is 5.80. The zero-order valence-corrected chi connectivity index (χ0v) is 14.7. The summed E-state index contributed by atoms with van der Waals surface area (Å²) in [5, 5.41) is 8.80. The standard InChI is InChI=1S/C18H24N4O3/c1-24-13-7-8-18(25-2)9-10-21(16(18)11-13)17(23)12-22-19-14-5-3-4-6-15(14)20-22/h3-6,13,16H,7-12H2,1-2H3/t13-,16-,18+/m0/s1. The highest BCUT2D eigenvalue weighted by Gasteiger charge is 2.52. The molecule has 0 spiro atoms. The highest BCUT2D eigenvalue weighted by atomic mass is 16.5. The van der Waals surface area contributed by atoms with E-state index in [1.807, 2.05) is 29.2 Å². The van der Waals surface area contributed by atoms with Gasteiger partial charge in [0.15, 0.2) is 0 Å². The van der Waals surface area contributed by atoms with E-state index in [0.29, 0.717) is 6.54 Å². The fourth-order valence-electron chi connectivity index (χ4n) is 4.36. The molecule has 4 rings (SSSR count). The van der Waals surface area contributed by atoms with Crippen LogP contribution in [0.5, 0.6) is 0 Å². The van der Waals surface area contributed by atoms with E-state index in [1.165, 1.54) is 4.80 Å². The molecule has 1 aliphatic carbocycles. The molecular formula is C18H24N4O3.